The predicted molar refractivity (Wildman–Crippen MR) is 58.7 cm³/mol. The van der Waals surface area contributed by atoms with E-state index >= 15 is 0 Å². The van der Waals surface area contributed by atoms with Crippen LogP contribution in [0.1, 0.15) is 12.5 Å². The van der Waals surface area contributed by atoms with Gasteiger partial charge in [-0.25, -0.2) is 0 Å². The fraction of sp³-hybridized carbons (Fsp3) is 0.333. The van der Waals surface area contributed by atoms with Crippen LogP contribution in [0.25, 0.3) is 6.08 Å². The highest BCUT2D eigenvalue weighted by molar-refractivity contribution is 5.53. The first-order valence-electron chi connectivity index (χ1n) is 5.03. The highest BCUT2D eigenvalue weighted by atomic mass is 19.4. The van der Waals surface area contributed by atoms with Crippen LogP contribution < -0.4 is 4.74 Å². The van der Waals surface area contributed by atoms with E-state index in [0.29, 0.717) is 11.3 Å². The van der Waals surface area contributed by atoms with Gasteiger partial charge in [-0.2, -0.15) is 13.2 Å². The van der Waals surface area contributed by atoms with Crippen molar-refractivity contribution in [1.82, 2.24) is 0 Å². The Morgan fingerprint density at radius 1 is 1.24 bits per heavy atom. The molecule has 0 bridgehead atoms. The minimum Gasteiger partial charge on any atom is -0.497 e. The van der Waals surface area contributed by atoms with Gasteiger partial charge in [0.1, 0.15) is 5.75 Å². The van der Waals surface area contributed by atoms with Crippen LogP contribution in [0.5, 0.6) is 5.75 Å². The largest absolute Gasteiger partial charge is 0.497 e. The molecule has 0 N–H and O–H groups in total. The average molecular weight is 246 g/mol. The molecule has 1 aromatic rings. The van der Waals surface area contributed by atoms with E-state index in [1.54, 1.807) is 12.1 Å². The average Bonchev–Trinajstić information content (AvgIpc) is 2.28. The van der Waals surface area contributed by atoms with Crippen molar-refractivity contribution in [3.63, 3.8) is 0 Å². The third kappa shape index (κ3) is 4.01. The Balaban J connectivity index is 2.96. The highest BCUT2D eigenvalue weighted by Crippen LogP contribution is 2.28. The molecule has 94 valence electrons. The Hall–Kier alpha value is -1.65. The quantitative estimate of drug-likeness (QED) is 0.755. The number of benzene rings is 1. The summed E-state index contributed by atoms with van der Waals surface area (Å²) in [7, 11) is 1.49. The topological polar surface area (TPSA) is 18.5 Å². The zero-order valence-electron chi connectivity index (χ0n) is 9.54. The van der Waals surface area contributed by atoms with Crippen molar-refractivity contribution in [3.8, 4) is 5.75 Å². The predicted octanol–water partition coefficient (Wildman–Crippen LogP) is 3.63. The van der Waals surface area contributed by atoms with E-state index in [9.17, 15) is 13.2 Å². The number of halogens is 3. The van der Waals surface area contributed by atoms with Gasteiger partial charge in [0.2, 0.25) is 5.76 Å². The first-order valence-corrected chi connectivity index (χ1v) is 5.03. The van der Waals surface area contributed by atoms with Gasteiger partial charge in [0, 0.05) is 0 Å². The van der Waals surface area contributed by atoms with Gasteiger partial charge >= 0.3 is 6.18 Å². The SMILES string of the molecule is CCO/C(=C\c1ccc(OC)cc1)C(F)(F)F. The molecule has 0 aliphatic heterocycles. The zero-order chi connectivity index (χ0) is 12.9. The fourth-order valence-electron chi connectivity index (χ4n) is 1.21. The standard InChI is InChI=1S/C12H13F3O2/c1-3-17-11(12(13,14)15)8-9-4-6-10(16-2)7-5-9/h4-8H,3H2,1-2H3/b11-8-. The molecule has 0 aliphatic carbocycles. The van der Waals surface area contributed by atoms with Gasteiger partial charge in [0.25, 0.3) is 0 Å². The van der Waals surface area contributed by atoms with Crippen LogP contribution in [0.15, 0.2) is 30.0 Å². The van der Waals surface area contributed by atoms with E-state index in [2.05, 4.69) is 4.74 Å². The number of hydrogen-bond donors (Lipinski definition) is 0. The van der Waals surface area contributed by atoms with E-state index < -0.39 is 11.9 Å². The van der Waals surface area contributed by atoms with Crippen molar-refractivity contribution in [3.05, 3.63) is 35.6 Å². The minimum absolute atomic E-state index is 0.0263. The van der Waals surface area contributed by atoms with E-state index in [-0.39, 0.29) is 6.61 Å². The molecule has 0 amide bonds. The maximum Gasteiger partial charge on any atom is 0.448 e. The molecule has 0 saturated heterocycles. The molecule has 5 heteroatoms. The molecule has 0 spiro atoms. The second-order valence-corrected chi connectivity index (χ2v) is 3.21. The van der Waals surface area contributed by atoms with E-state index in [1.165, 1.54) is 26.2 Å². The number of rotatable bonds is 4. The number of hydrogen-bond acceptors (Lipinski definition) is 2. The van der Waals surface area contributed by atoms with Crippen molar-refractivity contribution >= 4 is 6.08 Å². The molecule has 0 radical (unpaired) electrons. The third-order valence-electron chi connectivity index (χ3n) is 1.99. The second kappa shape index (κ2) is 5.61. The number of ether oxygens (including phenoxy) is 2. The first-order chi connectivity index (χ1) is 7.97. The van der Waals surface area contributed by atoms with Crippen molar-refractivity contribution in [2.45, 2.75) is 13.1 Å². The zero-order valence-corrected chi connectivity index (χ0v) is 9.54. The van der Waals surface area contributed by atoms with Crippen molar-refractivity contribution in [2.24, 2.45) is 0 Å². The van der Waals surface area contributed by atoms with Gasteiger partial charge in [-0.05, 0) is 30.7 Å². The molecule has 0 atom stereocenters. The Morgan fingerprint density at radius 2 is 1.82 bits per heavy atom. The number of alkyl halides is 3. The Bertz CT molecular complexity index is 380. The summed E-state index contributed by atoms with van der Waals surface area (Å²) in [5.41, 5.74) is 0.409. The molecule has 17 heavy (non-hydrogen) atoms. The normalized spacial score (nSPS) is 12.4. The second-order valence-electron chi connectivity index (χ2n) is 3.21. The van der Waals surface area contributed by atoms with Crippen LogP contribution in [-0.2, 0) is 4.74 Å². The maximum absolute atomic E-state index is 12.5. The summed E-state index contributed by atoms with van der Waals surface area (Å²) in [6.07, 6.45) is -3.52. The summed E-state index contributed by atoms with van der Waals surface area (Å²) < 4.78 is 47.0. The summed E-state index contributed by atoms with van der Waals surface area (Å²) >= 11 is 0. The van der Waals surface area contributed by atoms with Crippen molar-refractivity contribution in [2.75, 3.05) is 13.7 Å². The van der Waals surface area contributed by atoms with Gasteiger partial charge in [0.15, 0.2) is 0 Å². The molecule has 0 fully saturated rings. The van der Waals surface area contributed by atoms with Crippen LogP contribution in [0.4, 0.5) is 13.2 Å². The lowest BCUT2D eigenvalue weighted by molar-refractivity contribution is -0.128. The monoisotopic (exact) mass is 246 g/mol. The molecular weight excluding hydrogens is 233 g/mol. The van der Waals surface area contributed by atoms with Gasteiger partial charge in [-0.3, -0.25) is 0 Å². The lowest BCUT2D eigenvalue weighted by Crippen LogP contribution is -2.14. The highest BCUT2D eigenvalue weighted by Gasteiger charge is 2.35. The first kappa shape index (κ1) is 13.4. The van der Waals surface area contributed by atoms with Crippen LogP contribution in [0.2, 0.25) is 0 Å². The summed E-state index contributed by atoms with van der Waals surface area (Å²) in [6.45, 7) is 1.48. The van der Waals surface area contributed by atoms with Gasteiger partial charge in [0.05, 0.1) is 13.7 Å². The van der Waals surface area contributed by atoms with Crippen LogP contribution >= 0.6 is 0 Å². The summed E-state index contributed by atoms with van der Waals surface area (Å²) in [6, 6.07) is 6.24. The van der Waals surface area contributed by atoms with Gasteiger partial charge < -0.3 is 9.47 Å². The van der Waals surface area contributed by atoms with Crippen LogP contribution in [0.3, 0.4) is 0 Å². The Kier molecular flexibility index (Phi) is 4.43. The van der Waals surface area contributed by atoms with Gasteiger partial charge in [-0.15, -0.1) is 0 Å². The van der Waals surface area contributed by atoms with Crippen LogP contribution in [-0.4, -0.2) is 19.9 Å². The molecule has 0 unspecified atom stereocenters. The molecule has 2 nitrogen and oxygen atoms in total. The number of allylic oxidation sites excluding steroid dienone is 1. The summed E-state index contributed by atoms with van der Waals surface area (Å²) in [4.78, 5) is 0. The lowest BCUT2D eigenvalue weighted by Gasteiger charge is -2.12. The van der Waals surface area contributed by atoms with E-state index in [1.807, 2.05) is 0 Å². The Labute approximate surface area is 97.7 Å². The molecule has 0 aromatic heterocycles. The Morgan fingerprint density at radius 3 is 2.24 bits per heavy atom. The molecular formula is C12H13F3O2. The smallest absolute Gasteiger partial charge is 0.448 e. The molecule has 0 saturated carbocycles. The maximum atomic E-state index is 12.5. The summed E-state index contributed by atoms with van der Waals surface area (Å²) in [5.74, 6) is -0.405. The minimum atomic E-state index is -4.48. The van der Waals surface area contributed by atoms with Gasteiger partial charge in [-0.1, -0.05) is 12.1 Å². The molecule has 0 heterocycles. The van der Waals surface area contributed by atoms with Crippen LogP contribution in [0, 0.1) is 0 Å². The summed E-state index contributed by atoms with van der Waals surface area (Å²) in [5, 5.41) is 0. The van der Waals surface area contributed by atoms with E-state index in [4.69, 9.17) is 4.74 Å². The molecule has 1 rings (SSSR count). The molecule has 0 aliphatic rings. The third-order valence-corrected chi connectivity index (χ3v) is 1.99. The van der Waals surface area contributed by atoms with Crippen molar-refractivity contribution in [1.29, 1.82) is 0 Å². The molecule has 1 aromatic carbocycles. The van der Waals surface area contributed by atoms with Crippen molar-refractivity contribution < 1.29 is 22.6 Å². The number of methoxy groups -OCH3 is 1. The lowest BCUT2D eigenvalue weighted by atomic mass is 10.2. The van der Waals surface area contributed by atoms with E-state index in [0.717, 1.165) is 6.08 Å². The fourth-order valence-corrected chi connectivity index (χ4v) is 1.21.